The smallest absolute Gasteiger partial charge is 0.0441 e. The highest BCUT2D eigenvalue weighted by atomic mass is 32.2. The van der Waals surface area contributed by atoms with Gasteiger partial charge in [0.25, 0.3) is 0 Å². The Kier molecular flexibility index (Phi) is 8.66. The van der Waals surface area contributed by atoms with Crippen molar-refractivity contribution in [3.8, 4) is 0 Å². The van der Waals surface area contributed by atoms with Crippen LogP contribution in [0.15, 0.2) is 0 Å². The lowest BCUT2D eigenvalue weighted by atomic mass is 9.68. The third-order valence-electron chi connectivity index (χ3n) is 5.41. The van der Waals surface area contributed by atoms with Crippen LogP contribution in [-0.4, -0.2) is 34.8 Å². The van der Waals surface area contributed by atoms with Crippen molar-refractivity contribution in [2.45, 2.75) is 89.7 Å². The van der Waals surface area contributed by atoms with E-state index in [1.807, 2.05) is 0 Å². The highest BCUT2D eigenvalue weighted by Crippen LogP contribution is 2.44. The third-order valence-corrected chi connectivity index (χ3v) is 6.98. The number of rotatable bonds is 9. The van der Waals surface area contributed by atoms with Gasteiger partial charge in [0.1, 0.15) is 0 Å². The maximum absolute atomic E-state index is 9.16. The highest BCUT2D eigenvalue weighted by molar-refractivity contribution is 8.00. The molecule has 0 spiro atoms. The average molecular weight is 316 g/mol. The minimum atomic E-state index is 0.317. The summed E-state index contributed by atoms with van der Waals surface area (Å²) in [5.41, 5.74) is 0.467. The molecule has 1 saturated carbocycles. The topological polar surface area (TPSA) is 32.3 Å². The van der Waals surface area contributed by atoms with Gasteiger partial charge >= 0.3 is 0 Å². The Bertz CT molecular complexity index is 282. The van der Waals surface area contributed by atoms with E-state index < -0.39 is 0 Å². The molecule has 1 rings (SSSR count). The second-order valence-electron chi connectivity index (χ2n) is 7.41. The predicted octanol–water partition coefficient (Wildman–Crippen LogP) is 4.46. The Morgan fingerprint density at radius 2 is 2.00 bits per heavy atom. The van der Waals surface area contributed by atoms with Crippen LogP contribution in [0.5, 0.6) is 0 Å². The zero-order valence-corrected chi connectivity index (χ0v) is 15.6. The van der Waals surface area contributed by atoms with Crippen LogP contribution in [0.3, 0.4) is 0 Å². The molecule has 4 unspecified atom stereocenters. The predicted molar refractivity (Wildman–Crippen MR) is 96.0 cm³/mol. The summed E-state index contributed by atoms with van der Waals surface area (Å²) >= 11 is 2.11. The summed E-state index contributed by atoms with van der Waals surface area (Å²) in [7, 11) is 0. The number of thioether (sulfide) groups is 1. The SMILES string of the molecule is CCCNC1CCC(C(C)(C)CC)CC1SC(C)CCO. The normalized spacial score (nSPS) is 28.6. The first-order valence-corrected chi connectivity index (χ1v) is 9.88. The molecular formula is C18H37NOS. The fraction of sp³-hybridized carbons (Fsp3) is 1.00. The van der Waals surface area contributed by atoms with E-state index >= 15 is 0 Å². The molecule has 0 aliphatic heterocycles. The summed E-state index contributed by atoms with van der Waals surface area (Å²) in [5.74, 6) is 0.848. The largest absolute Gasteiger partial charge is 0.396 e. The molecular weight excluding hydrogens is 278 g/mol. The van der Waals surface area contributed by atoms with Gasteiger partial charge < -0.3 is 10.4 Å². The lowest BCUT2D eigenvalue weighted by Gasteiger charge is -2.44. The van der Waals surface area contributed by atoms with Crippen molar-refractivity contribution >= 4 is 11.8 Å². The van der Waals surface area contributed by atoms with E-state index in [1.54, 1.807) is 0 Å². The van der Waals surface area contributed by atoms with Crippen molar-refractivity contribution in [3.05, 3.63) is 0 Å². The van der Waals surface area contributed by atoms with Crippen molar-refractivity contribution in [3.63, 3.8) is 0 Å². The first-order valence-electron chi connectivity index (χ1n) is 8.94. The van der Waals surface area contributed by atoms with E-state index in [-0.39, 0.29) is 0 Å². The molecule has 4 atom stereocenters. The number of aliphatic hydroxyl groups excluding tert-OH is 1. The molecule has 2 N–H and O–H groups in total. The first-order chi connectivity index (χ1) is 9.94. The average Bonchev–Trinajstić information content (AvgIpc) is 2.46. The van der Waals surface area contributed by atoms with E-state index in [4.69, 9.17) is 5.11 Å². The summed E-state index contributed by atoms with van der Waals surface area (Å²) in [5, 5.41) is 14.2. The summed E-state index contributed by atoms with van der Waals surface area (Å²) in [6.07, 6.45) is 7.43. The van der Waals surface area contributed by atoms with Crippen LogP contribution >= 0.6 is 11.8 Å². The molecule has 2 nitrogen and oxygen atoms in total. The molecule has 0 aromatic carbocycles. The van der Waals surface area contributed by atoms with Gasteiger partial charge in [-0.25, -0.2) is 0 Å². The summed E-state index contributed by atoms with van der Waals surface area (Å²) in [6, 6.07) is 0.667. The van der Waals surface area contributed by atoms with Crippen LogP contribution in [0.4, 0.5) is 0 Å². The molecule has 3 heteroatoms. The molecule has 1 aliphatic carbocycles. The molecule has 0 aromatic rings. The van der Waals surface area contributed by atoms with Crippen LogP contribution in [0.2, 0.25) is 0 Å². The van der Waals surface area contributed by atoms with Gasteiger partial charge in [0.2, 0.25) is 0 Å². The molecule has 21 heavy (non-hydrogen) atoms. The quantitative estimate of drug-likeness (QED) is 0.659. The van der Waals surface area contributed by atoms with Gasteiger partial charge in [0, 0.05) is 23.1 Å². The number of nitrogens with one attached hydrogen (secondary N) is 1. The number of aliphatic hydroxyl groups is 1. The molecule has 0 saturated heterocycles. The third kappa shape index (κ3) is 6.11. The minimum Gasteiger partial charge on any atom is -0.396 e. The van der Waals surface area contributed by atoms with Crippen LogP contribution < -0.4 is 5.32 Å². The summed E-state index contributed by atoms with van der Waals surface area (Å²) < 4.78 is 0. The lowest BCUT2D eigenvalue weighted by Crippen LogP contribution is -2.46. The molecule has 1 aliphatic rings. The number of hydrogen-bond donors (Lipinski definition) is 2. The second kappa shape index (κ2) is 9.42. The van der Waals surface area contributed by atoms with Crippen molar-refractivity contribution in [2.75, 3.05) is 13.2 Å². The van der Waals surface area contributed by atoms with Crippen LogP contribution in [-0.2, 0) is 0 Å². The van der Waals surface area contributed by atoms with E-state index in [2.05, 4.69) is 51.7 Å². The molecule has 0 bridgehead atoms. The van der Waals surface area contributed by atoms with E-state index in [0.717, 1.165) is 18.9 Å². The van der Waals surface area contributed by atoms with Crippen molar-refractivity contribution in [1.29, 1.82) is 0 Å². The first kappa shape index (κ1) is 19.3. The molecule has 1 fully saturated rings. The Labute approximate surface area is 136 Å². The molecule has 0 aromatic heterocycles. The molecule has 126 valence electrons. The number of hydrogen-bond acceptors (Lipinski definition) is 3. The van der Waals surface area contributed by atoms with Crippen molar-refractivity contribution in [2.24, 2.45) is 11.3 Å². The zero-order chi connectivity index (χ0) is 15.9. The molecule has 0 amide bonds. The van der Waals surface area contributed by atoms with Crippen molar-refractivity contribution < 1.29 is 5.11 Å². The van der Waals surface area contributed by atoms with Gasteiger partial charge in [-0.05, 0) is 50.0 Å². The van der Waals surface area contributed by atoms with Crippen molar-refractivity contribution in [1.82, 2.24) is 5.32 Å². The fourth-order valence-corrected chi connectivity index (χ4v) is 4.99. The highest BCUT2D eigenvalue weighted by Gasteiger charge is 2.37. The standard InChI is InChI=1S/C18H37NOS/c1-6-11-19-16-9-8-15(18(4,5)7-2)13-17(16)21-14(3)10-12-20/h14-17,19-20H,6-13H2,1-5H3. The van der Waals surface area contributed by atoms with Crippen LogP contribution in [0.1, 0.15) is 73.1 Å². The molecule has 0 heterocycles. The van der Waals surface area contributed by atoms with Gasteiger partial charge in [0.05, 0.1) is 0 Å². The van der Waals surface area contributed by atoms with Crippen LogP contribution in [0, 0.1) is 11.3 Å². The van der Waals surface area contributed by atoms with Crippen LogP contribution in [0.25, 0.3) is 0 Å². The van der Waals surface area contributed by atoms with E-state index in [1.165, 1.54) is 32.1 Å². The van der Waals surface area contributed by atoms with Gasteiger partial charge in [-0.3, -0.25) is 0 Å². The Balaban J connectivity index is 2.66. The summed E-state index contributed by atoms with van der Waals surface area (Å²) in [4.78, 5) is 0. The maximum Gasteiger partial charge on any atom is 0.0441 e. The second-order valence-corrected chi connectivity index (χ2v) is 9.09. The fourth-order valence-electron chi connectivity index (χ4n) is 3.39. The van der Waals surface area contributed by atoms with Gasteiger partial charge in [-0.2, -0.15) is 11.8 Å². The minimum absolute atomic E-state index is 0.317. The Hall–Kier alpha value is 0.270. The van der Waals surface area contributed by atoms with Gasteiger partial charge in [-0.15, -0.1) is 0 Å². The summed E-state index contributed by atoms with van der Waals surface area (Å²) in [6.45, 7) is 13.2. The van der Waals surface area contributed by atoms with E-state index in [9.17, 15) is 0 Å². The lowest BCUT2D eigenvalue weighted by molar-refractivity contribution is 0.141. The maximum atomic E-state index is 9.16. The zero-order valence-electron chi connectivity index (χ0n) is 14.8. The molecule has 0 radical (unpaired) electrons. The Morgan fingerprint density at radius 1 is 1.29 bits per heavy atom. The Morgan fingerprint density at radius 3 is 2.57 bits per heavy atom. The van der Waals surface area contributed by atoms with E-state index in [0.29, 0.717) is 28.6 Å². The van der Waals surface area contributed by atoms with Gasteiger partial charge in [0.15, 0.2) is 0 Å². The monoisotopic (exact) mass is 315 g/mol. The van der Waals surface area contributed by atoms with Gasteiger partial charge in [-0.1, -0.05) is 41.0 Å².